The van der Waals surface area contributed by atoms with Crippen molar-refractivity contribution >= 4 is 0 Å². The summed E-state index contributed by atoms with van der Waals surface area (Å²) in [6.45, 7) is 3.59. The van der Waals surface area contributed by atoms with Gasteiger partial charge in [-0.05, 0) is 13.8 Å². The van der Waals surface area contributed by atoms with Gasteiger partial charge in [0.15, 0.2) is 0 Å². The van der Waals surface area contributed by atoms with E-state index in [1.165, 1.54) is 0 Å². The van der Waals surface area contributed by atoms with Crippen LogP contribution in [0.1, 0.15) is 13.8 Å². The molecule has 6 nitrogen and oxygen atoms in total. The molecule has 0 amide bonds. The zero-order valence-corrected chi connectivity index (χ0v) is 8.16. The highest BCUT2D eigenvalue weighted by Gasteiger charge is 2.42. The Kier molecular flexibility index (Phi) is 4.24. The average molecular weight is 208 g/mol. The maximum Gasteiger partial charge on any atom is 0.220 e. The fourth-order valence-corrected chi connectivity index (χ4v) is 1.23. The molecule has 0 aromatic heterocycles. The van der Waals surface area contributed by atoms with Crippen molar-refractivity contribution in [1.29, 1.82) is 0 Å². The molecule has 0 radical (unpaired) electrons. The molecule has 1 unspecified atom stereocenters. The van der Waals surface area contributed by atoms with E-state index in [0.29, 0.717) is 6.61 Å². The summed E-state index contributed by atoms with van der Waals surface area (Å²) in [6, 6.07) is 0. The highest BCUT2D eigenvalue weighted by atomic mass is 17.2. The van der Waals surface area contributed by atoms with Crippen LogP contribution in [0.25, 0.3) is 0 Å². The molecular weight excluding hydrogens is 192 g/mol. The number of hydrogen-bond acceptors (Lipinski definition) is 6. The minimum atomic E-state index is -1.31. The minimum absolute atomic E-state index is 0.305. The van der Waals surface area contributed by atoms with E-state index in [-0.39, 0.29) is 0 Å². The molecule has 0 aromatic carbocycles. The predicted octanol–water partition coefficient (Wildman–Crippen LogP) is -1.22. The van der Waals surface area contributed by atoms with E-state index in [0.717, 1.165) is 0 Å². The molecule has 0 saturated carbocycles. The monoisotopic (exact) mass is 208 g/mol. The van der Waals surface area contributed by atoms with Gasteiger partial charge in [0.25, 0.3) is 0 Å². The zero-order chi connectivity index (χ0) is 10.7. The molecule has 1 aliphatic heterocycles. The van der Waals surface area contributed by atoms with Crippen LogP contribution in [0.4, 0.5) is 0 Å². The third-order valence-electron chi connectivity index (χ3n) is 2.09. The summed E-state index contributed by atoms with van der Waals surface area (Å²) in [7, 11) is 0. The lowest BCUT2D eigenvalue weighted by Gasteiger charge is -2.37. The van der Waals surface area contributed by atoms with Crippen LogP contribution in [-0.2, 0) is 14.5 Å². The second-order valence-corrected chi connectivity index (χ2v) is 3.18. The van der Waals surface area contributed by atoms with Gasteiger partial charge in [-0.25, -0.2) is 9.78 Å². The first-order valence-electron chi connectivity index (χ1n) is 4.55. The maximum atomic E-state index is 9.41. The first-order valence-corrected chi connectivity index (χ1v) is 4.55. The highest BCUT2D eigenvalue weighted by molar-refractivity contribution is 4.86. The fourth-order valence-electron chi connectivity index (χ4n) is 1.23. The van der Waals surface area contributed by atoms with Crippen molar-refractivity contribution in [2.45, 2.75) is 44.6 Å². The second-order valence-electron chi connectivity index (χ2n) is 3.18. The second kappa shape index (κ2) is 5.01. The number of aliphatic hydroxyl groups is 3. The van der Waals surface area contributed by atoms with Crippen LogP contribution in [0, 0.1) is 0 Å². The van der Waals surface area contributed by atoms with Crippen molar-refractivity contribution in [1.82, 2.24) is 0 Å². The van der Waals surface area contributed by atoms with Gasteiger partial charge in [0.05, 0.1) is 12.7 Å². The molecule has 84 valence electrons. The van der Waals surface area contributed by atoms with Gasteiger partial charge in [-0.3, -0.25) is 0 Å². The van der Waals surface area contributed by atoms with E-state index in [9.17, 15) is 15.3 Å². The quantitative estimate of drug-likeness (QED) is 0.398. The molecule has 14 heavy (non-hydrogen) atoms. The molecule has 1 heterocycles. The Bertz CT molecular complexity index is 175. The van der Waals surface area contributed by atoms with Gasteiger partial charge in [0.1, 0.15) is 18.3 Å². The van der Waals surface area contributed by atoms with E-state index in [4.69, 9.17) is 9.62 Å². The van der Waals surface area contributed by atoms with Gasteiger partial charge in [0.2, 0.25) is 6.29 Å². The molecule has 1 rings (SSSR count). The van der Waals surface area contributed by atoms with E-state index in [2.05, 4.69) is 4.89 Å². The fraction of sp³-hybridized carbons (Fsp3) is 1.00. The Morgan fingerprint density at radius 2 is 1.79 bits per heavy atom. The van der Waals surface area contributed by atoms with Crippen LogP contribution >= 0.6 is 0 Å². The van der Waals surface area contributed by atoms with Crippen molar-refractivity contribution < 1.29 is 29.8 Å². The van der Waals surface area contributed by atoms with Crippen molar-refractivity contribution in [2.75, 3.05) is 6.61 Å². The summed E-state index contributed by atoms with van der Waals surface area (Å²) in [6.07, 6.45) is -5.40. The summed E-state index contributed by atoms with van der Waals surface area (Å²) >= 11 is 0. The first-order chi connectivity index (χ1) is 6.57. The normalized spacial score (nSPS) is 43.9. The lowest BCUT2D eigenvalue weighted by atomic mass is 10.0. The Labute approximate surface area is 81.9 Å². The Hall–Kier alpha value is -0.240. The van der Waals surface area contributed by atoms with Gasteiger partial charge < -0.3 is 20.1 Å². The molecule has 0 bridgehead atoms. The summed E-state index contributed by atoms with van der Waals surface area (Å²) in [4.78, 5) is 9.29. The number of aliphatic hydroxyl groups excluding tert-OH is 3. The van der Waals surface area contributed by atoms with Crippen LogP contribution in [-0.4, -0.2) is 52.6 Å². The highest BCUT2D eigenvalue weighted by Crippen LogP contribution is 2.21. The molecule has 0 aliphatic carbocycles. The molecular formula is C8H16O6. The average Bonchev–Trinajstić information content (AvgIpc) is 2.18. The largest absolute Gasteiger partial charge is 0.388 e. The summed E-state index contributed by atoms with van der Waals surface area (Å²) in [5.41, 5.74) is 0. The molecule has 0 aromatic rings. The zero-order valence-electron chi connectivity index (χ0n) is 8.16. The van der Waals surface area contributed by atoms with E-state index in [1.54, 1.807) is 13.8 Å². The van der Waals surface area contributed by atoms with Gasteiger partial charge in [-0.1, -0.05) is 0 Å². The summed E-state index contributed by atoms with van der Waals surface area (Å²) < 4.78 is 5.08. The van der Waals surface area contributed by atoms with E-state index < -0.39 is 30.7 Å². The van der Waals surface area contributed by atoms with Crippen LogP contribution in [0.5, 0.6) is 0 Å². The standard InChI is InChI=1S/C8H16O6/c1-3-12-14-8-7(11)6(10)5(9)4(2)13-8/h4-11H,3H2,1-2H3/t4-,5-,6+,7+,8?/m1/s1. The smallest absolute Gasteiger partial charge is 0.220 e. The molecule has 0 spiro atoms. The third kappa shape index (κ3) is 2.41. The summed E-state index contributed by atoms with van der Waals surface area (Å²) in [5, 5.41) is 28.1. The van der Waals surface area contributed by atoms with Crippen molar-refractivity contribution in [3.8, 4) is 0 Å². The molecule has 6 heteroatoms. The molecule has 3 N–H and O–H groups in total. The Balaban J connectivity index is 2.52. The van der Waals surface area contributed by atoms with Crippen LogP contribution < -0.4 is 0 Å². The Morgan fingerprint density at radius 3 is 2.36 bits per heavy atom. The lowest BCUT2D eigenvalue weighted by molar-refractivity contribution is -0.421. The van der Waals surface area contributed by atoms with E-state index in [1.807, 2.05) is 0 Å². The third-order valence-corrected chi connectivity index (χ3v) is 2.09. The van der Waals surface area contributed by atoms with E-state index >= 15 is 0 Å². The summed E-state index contributed by atoms with van der Waals surface area (Å²) in [5.74, 6) is 0. The van der Waals surface area contributed by atoms with Crippen molar-refractivity contribution in [3.05, 3.63) is 0 Å². The van der Waals surface area contributed by atoms with Gasteiger partial charge in [-0.15, -0.1) is 0 Å². The van der Waals surface area contributed by atoms with Crippen LogP contribution in [0.15, 0.2) is 0 Å². The van der Waals surface area contributed by atoms with Gasteiger partial charge >= 0.3 is 0 Å². The number of rotatable bonds is 3. The maximum absolute atomic E-state index is 9.41. The van der Waals surface area contributed by atoms with Gasteiger partial charge in [0, 0.05) is 0 Å². The van der Waals surface area contributed by atoms with Crippen molar-refractivity contribution in [2.24, 2.45) is 0 Å². The molecule has 5 atom stereocenters. The molecule has 1 saturated heterocycles. The molecule has 1 aliphatic rings. The SMILES string of the molecule is CCOOC1O[C@H](C)[C@@H](O)[C@H](O)[C@@H]1O. The molecule has 1 fully saturated rings. The predicted molar refractivity (Wildman–Crippen MR) is 45.1 cm³/mol. The van der Waals surface area contributed by atoms with Gasteiger partial charge in [-0.2, -0.15) is 0 Å². The van der Waals surface area contributed by atoms with Crippen LogP contribution in [0.3, 0.4) is 0 Å². The Morgan fingerprint density at radius 1 is 1.14 bits per heavy atom. The van der Waals surface area contributed by atoms with Crippen molar-refractivity contribution in [3.63, 3.8) is 0 Å². The number of hydrogen-bond donors (Lipinski definition) is 3. The topological polar surface area (TPSA) is 88.4 Å². The van der Waals surface area contributed by atoms with Crippen LogP contribution in [0.2, 0.25) is 0 Å². The first kappa shape index (κ1) is 11.8. The lowest BCUT2D eigenvalue weighted by Crippen LogP contribution is -2.57. The number of ether oxygens (including phenoxy) is 1. The minimum Gasteiger partial charge on any atom is -0.388 e.